The number of para-hydroxylation sites is 4. The first-order valence-electron chi connectivity index (χ1n) is 20.8. The highest BCUT2D eigenvalue weighted by Crippen LogP contribution is 2.57. The van der Waals surface area contributed by atoms with E-state index >= 15 is 0 Å². The Labute approximate surface area is 372 Å². The van der Waals surface area contributed by atoms with Crippen molar-refractivity contribution in [3.8, 4) is 0 Å². The van der Waals surface area contributed by atoms with Gasteiger partial charge in [0.25, 0.3) is 0 Å². The fourth-order valence-electron chi connectivity index (χ4n) is 9.05. The highest BCUT2D eigenvalue weighted by molar-refractivity contribution is 6.06. The van der Waals surface area contributed by atoms with Gasteiger partial charge in [-0.1, -0.05) is 125 Å². The van der Waals surface area contributed by atoms with E-state index in [0.29, 0.717) is 25.7 Å². The van der Waals surface area contributed by atoms with Crippen LogP contribution >= 0.6 is 0 Å². The van der Waals surface area contributed by atoms with Crippen molar-refractivity contribution in [1.29, 1.82) is 0 Å². The molecule has 336 valence electrons. The van der Waals surface area contributed by atoms with E-state index in [2.05, 4.69) is 0 Å². The van der Waals surface area contributed by atoms with E-state index in [-0.39, 0.29) is 0 Å². The van der Waals surface area contributed by atoms with Crippen molar-refractivity contribution in [2.24, 2.45) is 45.0 Å². The molecule has 0 aromatic heterocycles. The fraction of sp³-hybridized carbons (Fsp3) is 0.320. The summed E-state index contributed by atoms with van der Waals surface area (Å²) < 4.78 is 0. The maximum Gasteiger partial charge on any atom is 0.323 e. The number of carbonyl (C=O) groups excluding carboxylic acids is 2. The van der Waals surface area contributed by atoms with Crippen molar-refractivity contribution in [3.63, 3.8) is 0 Å². The van der Waals surface area contributed by atoms with Crippen molar-refractivity contribution >= 4 is 83.0 Å². The topological polar surface area (TPSA) is 242 Å². The van der Waals surface area contributed by atoms with E-state index in [1.807, 2.05) is 121 Å². The largest absolute Gasteiger partial charge is 0.481 e. The van der Waals surface area contributed by atoms with Gasteiger partial charge >= 0.3 is 35.9 Å². The number of primary amides is 2. The zero-order chi connectivity index (χ0) is 47.4. The molecule has 0 bridgehead atoms. The maximum atomic E-state index is 11.8. The van der Waals surface area contributed by atoms with Crippen molar-refractivity contribution < 1.29 is 49.2 Å². The zero-order valence-electron chi connectivity index (χ0n) is 36.8. The van der Waals surface area contributed by atoms with E-state index in [0.717, 1.165) is 45.0 Å². The molecule has 8 rings (SSSR count). The van der Waals surface area contributed by atoms with Crippen LogP contribution in [0.15, 0.2) is 97.1 Å². The normalized spacial score (nSPS) is 22.6. The molecule has 2 saturated carbocycles. The quantitative estimate of drug-likeness (QED) is 0.113. The predicted octanol–water partition coefficient (Wildman–Crippen LogP) is 9.97. The molecule has 4 amide bonds. The molecule has 0 radical (unpaired) electrons. The summed E-state index contributed by atoms with van der Waals surface area (Å²) in [7, 11) is 0. The third-order valence-electron chi connectivity index (χ3n) is 14.0. The molecular weight excluding hydrogens is 817 g/mol. The van der Waals surface area contributed by atoms with Crippen LogP contribution in [-0.2, 0) is 19.2 Å². The Morgan fingerprint density at radius 2 is 0.688 bits per heavy atom. The van der Waals surface area contributed by atoms with E-state index in [1.165, 1.54) is 0 Å². The number of benzene rings is 4. The van der Waals surface area contributed by atoms with E-state index < -0.39 is 69.4 Å². The van der Waals surface area contributed by atoms with E-state index in [1.54, 1.807) is 51.3 Å². The average Bonchev–Trinajstić information content (AvgIpc) is 3.47. The first-order valence-corrected chi connectivity index (χ1v) is 20.8. The maximum absolute atomic E-state index is 11.8. The Balaban J connectivity index is 0.000000162. The molecule has 14 nitrogen and oxygen atoms in total. The number of carbonyl (C=O) groups is 6. The Morgan fingerprint density at radius 1 is 0.453 bits per heavy atom. The molecule has 4 atom stereocenters. The van der Waals surface area contributed by atoms with Crippen LogP contribution < -0.4 is 21.3 Å². The van der Waals surface area contributed by atoms with E-state index in [4.69, 9.17) is 31.9 Å². The number of nitrogens with zero attached hydrogens (tertiary/aromatic N) is 2. The Morgan fingerprint density at radius 3 is 0.859 bits per heavy atom. The smallest absolute Gasteiger partial charge is 0.323 e. The van der Waals surface area contributed by atoms with Gasteiger partial charge in [0.15, 0.2) is 0 Å². The number of fused-ring (bicyclic) bond motifs is 4. The molecule has 2 aliphatic carbocycles. The van der Waals surface area contributed by atoms with Crippen molar-refractivity contribution in [1.82, 2.24) is 0 Å². The summed E-state index contributed by atoms with van der Waals surface area (Å²) >= 11 is 0. The third-order valence-corrected chi connectivity index (χ3v) is 14.0. The lowest BCUT2D eigenvalue weighted by atomic mass is 9.66. The second-order valence-corrected chi connectivity index (χ2v) is 17.8. The third kappa shape index (κ3) is 8.99. The summed E-state index contributed by atoms with van der Waals surface area (Å²) in [4.78, 5) is 70.7. The lowest BCUT2D eigenvalue weighted by Crippen LogP contribution is -2.42. The van der Waals surface area contributed by atoms with Crippen LogP contribution in [0.4, 0.5) is 32.3 Å². The zero-order valence-corrected chi connectivity index (χ0v) is 36.8. The van der Waals surface area contributed by atoms with Gasteiger partial charge in [-0.15, -0.1) is 0 Å². The number of hydrogen-bond acceptors (Lipinski definition) is 6. The highest BCUT2D eigenvalue weighted by Gasteiger charge is 2.59. The summed E-state index contributed by atoms with van der Waals surface area (Å²) in [6.07, 6.45) is 9.76. The fourth-order valence-corrected chi connectivity index (χ4v) is 9.05. The molecule has 14 heteroatoms. The Kier molecular flexibility index (Phi) is 13.9. The number of nitrogens with two attached hydrogens (primary N) is 2. The van der Waals surface area contributed by atoms with Gasteiger partial charge in [0, 0.05) is 0 Å². The summed E-state index contributed by atoms with van der Waals surface area (Å²) in [5, 5.41) is 36.2. The van der Waals surface area contributed by atoms with Crippen molar-refractivity contribution in [2.45, 2.75) is 67.2 Å². The minimum Gasteiger partial charge on any atom is -0.481 e. The summed E-state index contributed by atoms with van der Waals surface area (Å²) in [5.41, 5.74) is 15.0. The van der Waals surface area contributed by atoms with Gasteiger partial charge in [-0.05, 0) is 96.9 Å². The molecule has 0 spiro atoms. The first kappa shape index (κ1) is 47.8. The predicted molar refractivity (Wildman–Crippen MR) is 247 cm³/mol. The molecule has 2 heterocycles. The number of amides is 4. The van der Waals surface area contributed by atoms with Crippen LogP contribution in [0.1, 0.15) is 89.5 Å². The minimum atomic E-state index is -0.921. The molecule has 2 fully saturated rings. The van der Waals surface area contributed by atoms with Crippen LogP contribution in [0, 0.1) is 33.5 Å². The number of anilines is 4. The van der Waals surface area contributed by atoms with Gasteiger partial charge < -0.3 is 31.9 Å². The standard InChI is InChI=1S/2C15H12N2O.2C10H16O4/c2*16-15(18)17-13-7-3-1-5-11(13)9-10-12-6-2-4-8-14(12)17;2*1-9(2)6(7(11)12)4-5-10(9,3)8(13)14/h2*1-10H,(H2,16,18);2*6H,4-5H2,1-3H3,(H,11,12)(H,13,14)/t;;2*6-,10+/m..11/s1. The van der Waals surface area contributed by atoms with Gasteiger partial charge in [-0.2, -0.15) is 0 Å². The summed E-state index contributed by atoms with van der Waals surface area (Å²) in [6, 6.07) is 29.9. The lowest BCUT2D eigenvalue weighted by molar-refractivity contribution is -0.159. The number of aliphatic carboxylic acids is 4. The Bertz CT molecular complexity index is 2260. The van der Waals surface area contributed by atoms with E-state index in [9.17, 15) is 28.8 Å². The lowest BCUT2D eigenvalue weighted by Gasteiger charge is -2.36. The molecule has 2 aliphatic heterocycles. The second-order valence-electron chi connectivity index (χ2n) is 17.8. The van der Waals surface area contributed by atoms with Gasteiger partial charge in [0.2, 0.25) is 0 Å². The highest BCUT2D eigenvalue weighted by atomic mass is 16.4. The summed E-state index contributed by atoms with van der Waals surface area (Å²) in [6.45, 7) is 10.2. The molecule has 4 aromatic rings. The van der Waals surface area contributed by atoms with Gasteiger partial charge in [0.1, 0.15) is 0 Å². The average molecular weight is 873 g/mol. The number of carboxylic acid groups (broad SMARTS) is 4. The van der Waals surface area contributed by atoms with Crippen molar-refractivity contribution in [3.05, 3.63) is 119 Å². The van der Waals surface area contributed by atoms with Crippen LogP contribution in [0.25, 0.3) is 24.3 Å². The SMILES string of the molecule is CC1(C)[C@@H](C(=O)O)CC[C@@]1(C)C(=O)O.CC1(C)[C@@H](C(=O)O)CC[C@@]1(C)C(=O)O.NC(=O)N1c2ccccc2C=Cc2ccccc21.NC(=O)N1c2ccccc2C=Cc2ccccc21. The number of carboxylic acids is 4. The van der Waals surface area contributed by atoms with Crippen LogP contribution in [-0.4, -0.2) is 56.4 Å². The van der Waals surface area contributed by atoms with Gasteiger partial charge in [-0.3, -0.25) is 29.0 Å². The van der Waals surface area contributed by atoms with Gasteiger partial charge in [0.05, 0.1) is 45.4 Å². The molecule has 64 heavy (non-hydrogen) atoms. The van der Waals surface area contributed by atoms with Crippen LogP contribution in [0.5, 0.6) is 0 Å². The molecule has 4 aliphatic rings. The summed E-state index contributed by atoms with van der Waals surface area (Å²) in [5.74, 6) is -4.68. The molecule has 8 N–H and O–H groups in total. The molecular formula is C50H56N4O10. The van der Waals surface area contributed by atoms with Crippen LogP contribution in [0.3, 0.4) is 0 Å². The molecule has 4 aromatic carbocycles. The number of rotatable bonds is 4. The first-order chi connectivity index (χ1) is 30.0. The number of hydrogen-bond donors (Lipinski definition) is 6. The number of urea groups is 2. The monoisotopic (exact) mass is 872 g/mol. The molecule has 0 saturated heterocycles. The van der Waals surface area contributed by atoms with Crippen LogP contribution in [0.2, 0.25) is 0 Å². The van der Waals surface area contributed by atoms with Gasteiger partial charge in [-0.25, -0.2) is 9.59 Å². The molecule has 0 unspecified atom stereocenters. The van der Waals surface area contributed by atoms with Crippen molar-refractivity contribution in [2.75, 3.05) is 9.80 Å². The Hall–Kier alpha value is -7.22. The second kappa shape index (κ2) is 18.6. The minimum absolute atomic E-state index is 0.437.